The molecule has 0 aliphatic carbocycles. The first kappa shape index (κ1) is 22.0. The predicted octanol–water partition coefficient (Wildman–Crippen LogP) is 5.06. The van der Waals surface area contributed by atoms with E-state index in [0.717, 1.165) is 4.88 Å². The average molecular weight is 470 g/mol. The summed E-state index contributed by atoms with van der Waals surface area (Å²) >= 11 is 2.78. The Labute approximate surface area is 193 Å². The summed E-state index contributed by atoms with van der Waals surface area (Å²) in [5, 5.41) is 4.64. The number of methoxy groups -OCH3 is 1. The number of carbonyl (C=O) groups excluding carboxylic acids is 2. The Bertz CT molecular complexity index is 1130. The van der Waals surface area contributed by atoms with Crippen LogP contribution in [0.5, 0.6) is 5.75 Å². The SMILES string of the molecule is COc1ccccc1NC(=O)C[C@@H]1SC(=Nc2ccc(F)cc2)N(Cc2cccs2)C1=O. The maximum absolute atomic E-state index is 13.3. The number of hydrogen-bond donors (Lipinski definition) is 1. The number of nitrogens with zero attached hydrogens (tertiary/aromatic N) is 2. The van der Waals surface area contributed by atoms with E-state index >= 15 is 0 Å². The zero-order valence-electron chi connectivity index (χ0n) is 17.2. The molecule has 1 saturated heterocycles. The maximum Gasteiger partial charge on any atom is 0.243 e. The predicted molar refractivity (Wildman–Crippen MR) is 126 cm³/mol. The van der Waals surface area contributed by atoms with Gasteiger partial charge in [-0.2, -0.15) is 0 Å². The minimum atomic E-state index is -0.608. The number of amides is 2. The summed E-state index contributed by atoms with van der Waals surface area (Å²) < 4.78 is 18.5. The van der Waals surface area contributed by atoms with E-state index in [1.54, 1.807) is 46.6 Å². The smallest absolute Gasteiger partial charge is 0.243 e. The molecule has 0 bridgehead atoms. The lowest BCUT2D eigenvalue weighted by Crippen LogP contribution is -2.32. The summed E-state index contributed by atoms with van der Waals surface area (Å²) in [5.74, 6) is -0.284. The van der Waals surface area contributed by atoms with Gasteiger partial charge in [-0.1, -0.05) is 30.0 Å². The van der Waals surface area contributed by atoms with Gasteiger partial charge in [0.1, 0.15) is 16.8 Å². The molecule has 3 aromatic rings. The van der Waals surface area contributed by atoms with E-state index in [-0.39, 0.29) is 24.1 Å². The quantitative estimate of drug-likeness (QED) is 0.525. The molecule has 9 heteroatoms. The van der Waals surface area contributed by atoms with Crippen molar-refractivity contribution in [2.75, 3.05) is 12.4 Å². The molecular formula is C23H20FN3O3S2. The fourth-order valence-electron chi connectivity index (χ4n) is 3.17. The number of nitrogens with one attached hydrogen (secondary N) is 1. The number of carbonyl (C=O) groups is 2. The van der Waals surface area contributed by atoms with E-state index in [4.69, 9.17) is 4.74 Å². The Morgan fingerprint density at radius 3 is 2.66 bits per heavy atom. The molecule has 6 nitrogen and oxygen atoms in total. The molecule has 0 spiro atoms. The number of hydrogen-bond acceptors (Lipinski definition) is 6. The van der Waals surface area contributed by atoms with Crippen molar-refractivity contribution in [2.24, 2.45) is 4.99 Å². The van der Waals surface area contributed by atoms with Crippen LogP contribution in [-0.2, 0) is 16.1 Å². The Kier molecular flexibility index (Phi) is 6.87. The second-order valence-electron chi connectivity index (χ2n) is 6.93. The fraction of sp³-hybridized carbons (Fsp3) is 0.174. The monoisotopic (exact) mass is 469 g/mol. The lowest BCUT2D eigenvalue weighted by molar-refractivity contribution is -0.128. The molecule has 1 atom stereocenters. The van der Waals surface area contributed by atoms with Crippen molar-refractivity contribution in [3.8, 4) is 5.75 Å². The molecule has 1 fully saturated rings. The average Bonchev–Trinajstić information content (AvgIpc) is 3.40. The third-order valence-electron chi connectivity index (χ3n) is 4.72. The Morgan fingerprint density at radius 1 is 1.16 bits per heavy atom. The van der Waals surface area contributed by atoms with Crippen LogP contribution in [0.3, 0.4) is 0 Å². The van der Waals surface area contributed by atoms with E-state index in [1.807, 2.05) is 23.6 Å². The number of rotatable bonds is 7. The highest BCUT2D eigenvalue weighted by atomic mass is 32.2. The van der Waals surface area contributed by atoms with Crippen molar-refractivity contribution in [2.45, 2.75) is 18.2 Å². The first-order valence-corrected chi connectivity index (χ1v) is 11.6. The second kappa shape index (κ2) is 9.97. The number of benzene rings is 2. The molecule has 4 rings (SSSR count). The molecule has 2 aromatic carbocycles. The molecular weight excluding hydrogens is 449 g/mol. The summed E-state index contributed by atoms with van der Waals surface area (Å²) in [4.78, 5) is 33.0. The first-order chi connectivity index (χ1) is 15.5. The van der Waals surface area contributed by atoms with Crippen LogP contribution < -0.4 is 10.1 Å². The zero-order valence-corrected chi connectivity index (χ0v) is 18.8. The van der Waals surface area contributed by atoms with Crippen LogP contribution in [0.2, 0.25) is 0 Å². The van der Waals surface area contributed by atoms with Gasteiger partial charge in [-0.3, -0.25) is 14.5 Å². The molecule has 2 heterocycles. The minimum Gasteiger partial charge on any atom is -0.495 e. The van der Waals surface area contributed by atoms with Crippen molar-refractivity contribution in [1.82, 2.24) is 4.90 Å². The van der Waals surface area contributed by atoms with Crippen LogP contribution in [0, 0.1) is 5.82 Å². The summed E-state index contributed by atoms with van der Waals surface area (Å²) in [5.41, 5.74) is 1.09. The van der Waals surface area contributed by atoms with Gasteiger partial charge in [0.05, 0.1) is 25.0 Å². The Balaban J connectivity index is 1.53. The minimum absolute atomic E-state index is 0.00900. The van der Waals surface area contributed by atoms with Crippen LogP contribution in [0.4, 0.5) is 15.8 Å². The number of anilines is 1. The van der Waals surface area contributed by atoms with Crippen molar-refractivity contribution in [3.63, 3.8) is 0 Å². The number of thiophene rings is 1. The van der Waals surface area contributed by atoms with Crippen molar-refractivity contribution in [3.05, 3.63) is 76.7 Å². The van der Waals surface area contributed by atoms with Crippen molar-refractivity contribution >= 4 is 51.5 Å². The molecule has 0 radical (unpaired) electrons. The molecule has 0 unspecified atom stereocenters. The standard InChI is InChI=1S/C23H20FN3O3S2/c1-30-19-7-3-2-6-18(19)26-21(28)13-20-22(29)27(14-17-5-4-12-31-17)23(32-20)25-16-10-8-15(24)9-11-16/h2-12,20H,13-14H2,1H3,(H,26,28)/t20-/m0/s1. The van der Waals surface area contributed by atoms with Crippen LogP contribution in [0.15, 0.2) is 71.0 Å². The number of ether oxygens (including phenoxy) is 1. The van der Waals surface area contributed by atoms with E-state index in [1.165, 1.54) is 31.0 Å². The van der Waals surface area contributed by atoms with E-state index in [2.05, 4.69) is 10.3 Å². The van der Waals surface area contributed by atoms with Crippen LogP contribution >= 0.6 is 23.1 Å². The summed E-state index contributed by atoms with van der Waals surface area (Å²) in [6.45, 7) is 0.369. The summed E-state index contributed by atoms with van der Waals surface area (Å²) in [6, 6.07) is 16.7. The summed E-state index contributed by atoms with van der Waals surface area (Å²) in [7, 11) is 1.53. The van der Waals surface area contributed by atoms with Gasteiger partial charge in [-0.25, -0.2) is 9.38 Å². The summed E-state index contributed by atoms with van der Waals surface area (Å²) in [6.07, 6.45) is -0.00900. The lowest BCUT2D eigenvalue weighted by Gasteiger charge is -2.15. The van der Waals surface area contributed by atoms with E-state index < -0.39 is 5.25 Å². The van der Waals surface area contributed by atoms with Gasteiger partial charge in [0.15, 0.2) is 5.17 Å². The maximum atomic E-state index is 13.3. The van der Waals surface area contributed by atoms with Gasteiger partial charge in [-0.15, -0.1) is 11.3 Å². The lowest BCUT2D eigenvalue weighted by atomic mass is 10.2. The van der Waals surface area contributed by atoms with E-state index in [0.29, 0.717) is 28.8 Å². The zero-order chi connectivity index (χ0) is 22.5. The van der Waals surface area contributed by atoms with Crippen LogP contribution in [-0.4, -0.2) is 34.2 Å². The molecule has 1 aromatic heterocycles. The molecule has 1 aliphatic rings. The van der Waals surface area contributed by atoms with Gasteiger partial charge in [0, 0.05) is 11.3 Å². The third-order valence-corrected chi connectivity index (χ3v) is 6.75. The number of thioether (sulfide) groups is 1. The fourth-order valence-corrected chi connectivity index (χ4v) is 5.02. The topological polar surface area (TPSA) is 71.0 Å². The highest BCUT2D eigenvalue weighted by Crippen LogP contribution is 2.34. The highest BCUT2D eigenvalue weighted by Gasteiger charge is 2.39. The third kappa shape index (κ3) is 5.17. The van der Waals surface area contributed by atoms with Crippen molar-refractivity contribution < 1.29 is 18.7 Å². The van der Waals surface area contributed by atoms with E-state index in [9.17, 15) is 14.0 Å². The number of para-hydroxylation sites is 2. The number of halogens is 1. The molecule has 0 saturated carbocycles. The molecule has 1 N–H and O–H groups in total. The van der Waals surface area contributed by atoms with Crippen LogP contribution in [0.25, 0.3) is 0 Å². The normalized spacial score (nSPS) is 17.1. The second-order valence-corrected chi connectivity index (χ2v) is 9.14. The van der Waals surface area contributed by atoms with Gasteiger partial charge >= 0.3 is 0 Å². The number of aliphatic imine (C=N–C) groups is 1. The van der Waals surface area contributed by atoms with Crippen molar-refractivity contribution in [1.29, 1.82) is 0 Å². The number of amidine groups is 1. The Morgan fingerprint density at radius 2 is 1.94 bits per heavy atom. The van der Waals surface area contributed by atoms with Gasteiger partial charge in [-0.05, 0) is 47.8 Å². The Hall–Kier alpha value is -3.17. The molecule has 164 valence electrons. The van der Waals surface area contributed by atoms with Gasteiger partial charge in [0.25, 0.3) is 0 Å². The highest BCUT2D eigenvalue weighted by molar-refractivity contribution is 8.15. The van der Waals surface area contributed by atoms with Crippen LogP contribution in [0.1, 0.15) is 11.3 Å². The molecule has 1 aliphatic heterocycles. The largest absolute Gasteiger partial charge is 0.495 e. The van der Waals surface area contributed by atoms with Gasteiger partial charge < -0.3 is 10.1 Å². The first-order valence-electron chi connectivity index (χ1n) is 9.81. The molecule has 2 amide bonds. The van der Waals surface area contributed by atoms with Gasteiger partial charge in [0.2, 0.25) is 11.8 Å². The molecule has 32 heavy (non-hydrogen) atoms.